The van der Waals surface area contributed by atoms with Gasteiger partial charge in [-0.15, -0.1) is 0 Å². The van der Waals surface area contributed by atoms with Crippen LogP contribution in [0.5, 0.6) is 0 Å². The Morgan fingerprint density at radius 3 is 2.27 bits per heavy atom. The summed E-state index contributed by atoms with van der Waals surface area (Å²) in [5.74, 6) is -1.01. The number of anilines is 3. The van der Waals surface area contributed by atoms with Crippen molar-refractivity contribution < 1.29 is 27.1 Å². The van der Waals surface area contributed by atoms with Crippen molar-refractivity contribution in [2.24, 2.45) is 0 Å². The number of amides is 1. The van der Waals surface area contributed by atoms with Crippen molar-refractivity contribution in [1.82, 2.24) is 14.9 Å². The molecule has 5 rings (SSSR count). The van der Waals surface area contributed by atoms with Crippen molar-refractivity contribution in [3.05, 3.63) is 65.7 Å². The largest absolute Gasteiger partial charge is 0.417 e. The number of hydrogen-bond donors (Lipinski definition) is 1. The number of benzene rings is 2. The Morgan fingerprint density at radius 1 is 1.00 bits per heavy atom. The lowest BCUT2D eigenvalue weighted by atomic mass is 10.0. The Hall–Kier alpha value is -3.77. The van der Waals surface area contributed by atoms with Crippen LogP contribution >= 0.6 is 0 Å². The van der Waals surface area contributed by atoms with Crippen LogP contribution in [0, 0.1) is 5.82 Å². The monoisotopic (exact) mass is 572 g/mol. The molecule has 2 unspecified atom stereocenters. The van der Waals surface area contributed by atoms with E-state index < -0.39 is 29.0 Å². The average molecular weight is 573 g/mol. The van der Waals surface area contributed by atoms with Crippen LogP contribution in [-0.4, -0.2) is 79.3 Å². The molecule has 3 aromatic rings. The zero-order chi connectivity index (χ0) is 29.3. The molecular weight excluding hydrogens is 540 g/mol. The number of nitrogens with zero attached hydrogens (tertiary/aromatic N) is 5. The number of ether oxygens (including phenoxy) is 1. The van der Waals surface area contributed by atoms with Crippen LogP contribution in [0.1, 0.15) is 29.8 Å². The molecule has 1 amide bonds. The summed E-state index contributed by atoms with van der Waals surface area (Å²) < 4.78 is 62.1. The third-order valence-electron chi connectivity index (χ3n) is 7.75. The van der Waals surface area contributed by atoms with Gasteiger partial charge in [-0.1, -0.05) is 12.1 Å². The molecule has 41 heavy (non-hydrogen) atoms. The molecule has 0 radical (unpaired) electrons. The van der Waals surface area contributed by atoms with Crippen LogP contribution in [0.4, 0.5) is 34.9 Å². The molecule has 8 nitrogen and oxygen atoms in total. The number of carbonyl (C=O) groups excluding carboxylic acids is 1. The minimum atomic E-state index is -4.72. The first kappa shape index (κ1) is 28.7. The van der Waals surface area contributed by atoms with Crippen LogP contribution in [0.25, 0.3) is 11.1 Å². The maximum Gasteiger partial charge on any atom is 0.417 e. The van der Waals surface area contributed by atoms with Crippen LogP contribution in [0.2, 0.25) is 0 Å². The highest BCUT2D eigenvalue weighted by Gasteiger charge is 2.35. The summed E-state index contributed by atoms with van der Waals surface area (Å²) in [5, 5.41) is 2.65. The summed E-state index contributed by atoms with van der Waals surface area (Å²) in [6.07, 6.45) is -1.71. The molecule has 2 aliphatic heterocycles. The Balaban J connectivity index is 1.53. The topological polar surface area (TPSA) is 73.8 Å². The number of rotatable bonds is 5. The number of halogens is 4. The highest BCUT2D eigenvalue weighted by atomic mass is 19.4. The van der Waals surface area contributed by atoms with E-state index in [4.69, 9.17) is 4.74 Å². The number of alkyl halides is 3. The highest BCUT2D eigenvalue weighted by Crippen LogP contribution is 2.37. The van der Waals surface area contributed by atoms with Gasteiger partial charge >= 0.3 is 6.18 Å². The van der Waals surface area contributed by atoms with Crippen LogP contribution in [0.15, 0.2) is 48.8 Å². The predicted octanol–water partition coefficient (Wildman–Crippen LogP) is 4.92. The number of carbonyl (C=O) groups is 1. The van der Waals surface area contributed by atoms with E-state index in [0.717, 1.165) is 12.1 Å². The van der Waals surface area contributed by atoms with E-state index in [0.29, 0.717) is 56.6 Å². The van der Waals surface area contributed by atoms with Gasteiger partial charge in [-0.05, 0) is 45.2 Å². The fraction of sp³-hybridized carbons (Fsp3) is 0.414. The van der Waals surface area contributed by atoms with Crippen molar-refractivity contribution in [3.8, 4) is 11.1 Å². The zero-order valence-corrected chi connectivity index (χ0v) is 23.1. The van der Waals surface area contributed by atoms with Crippen LogP contribution in [-0.2, 0) is 10.9 Å². The van der Waals surface area contributed by atoms with Crippen molar-refractivity contribution in [1.29, 1.82) is 0 Å². The van der Waals surface area contributed by atoms with Crippen molar-refractivity contribution >= 4 is 23.2 Å². The van der Waals surface area contributed by atoms with Gasteiger partial charge in [0.25, 0.3) is 5.91 Å². The SMILES string of the molecule is CC1CN(c2cc(F)c(-c3cnc(N4CCOCC4)nc3)cc2NC(=O)c2ccccc2C(F)(F)F)CC(C)N1C. The van der Waals surface area contributed by atoms with Gasteiger partial charge in [0, 0.05) is 61.8 Å². The van der Waals surface area contributed by atoms with E-state index in [1.807, 2.05) is 30.7 Å². The van der Waals surface area contributed by atoms with Crippen LogP contribution < -0.4 is 15.1 Å². The van der Waals surface area contributed by atoms with E-state index in [1.165, 1.54) is 36.7 Å². The number of nitrogens with one attached hydrogen (secondary N) is 1. The van der Waals surface area contributed by atoms with Gasteiger partial charge in [0.1, 0.15) is 5.82 Å². The van der Waals surface area contributed by atoms with Crippen molar-refractivity contribution in [2.75, 3.05) is 61.6 Å². The average Bonchev–Trinajstić information content (AvgIpc) is 2.96. The third-order valence-corrected chi connectivity index (χ3v) is 7.75. The lowest BCUT2D eigenvalue weighted by Gasteiger charge is -2.44. The maximum atomic E-state index is 15.7. The van der Waals surface area contributed by atoms with E-state index in [-0.39, 0.29) is 23.3 Å². The molecule has 0 bridgehead atoms. The van der Waals surface area contributed by atoms with E-state index >= 15 is 4.39 Å². The summed E-state index contributed by atoms with van der Waals surface area (Å²) >= 11 is 0. The number of morpholine rings is 1. The Morgan fingerprint density at radius 2 is 1.63 bits per heavy atom. The van der Waals surface area contributed by atoms with Gasteiger partial charge in [0.05, 0.1) is 35.7 Å². The second kappa shape index (κ2) is 11.6. The molecule has 2 aliphatic rings. The number of hydrogen-bond acceptors (Lipinski definition) is 7. The number of aromatic nitrogens is 2. The molecule has 1 N–H and O–H groups in total. The summed E-state index contributed by atoms with van der Waals surface area (Å²) in [6.45, 7) is 7.56. The Bertz CT molecular complexity index is 1380. The lowest BCUT2D eigenvalue weighted by Crippen LogP contribution is -2.55. The highest BCUT2D eigenvalue weighted by molar-refractivity contribution is 6.07. The number of piperazine rings is 1. The molecule has 2 fully saturated rings. The first-order valence-corrected chi connectivity index (χ1v) is 13.5. The van der Waals surface area contributed by atoms with Gasteiger partial charge < -0.3 is 19.9 Å². The van der Waals surface area contributed by atoms with Gasteiger partial charge in [-0.25, -0.2) is 14.4 Å². The second-order valence-corrected chi connectivity index (χ2v) is 10.5. The molecule has 3 heterocycles. The van der Waals surface area contributed by atoms with Gasteiger partial charge in [0.2, 0.25) is 5.95 Å². The molecule has 12 heteroatoms. The summed E-state index contributed by atoms with van der Waals surface area (Å²) in [4.78, 5) is 28.2. The molecule has 218 valence electrons. The summed E-state index contributed by atoms with van der Waals surface area (Å²) in [5.41, 5.74) is -0.480. The van der Waals surface area contributed by atoms with Crippen molar-refractivity contribution in [3.63, 3.8) is 0 Å². The van der Waals surface area contributed by atoms with Crippen molar-refractivity contribution in [2.45, 2.75) is 32.1 Å². The fourth-order valence-corrected chi connectivity index (χ4v) is 5.25. The molecule has 2 aromatic carbocycles. The minimum Gasteiger partial charge on any atom is -0.378 e. The molecule has 0 saturated carbocycles. The quantitative estimate of drug-likeness (QED) is 0.435. The summed E-state index contributed by atoms with van der Waals surface area (Å²) in [6, 6.07) is 7.60. The van der Waals surface area contributed by atoms with Crippen LogP contribution in [0.3, 0.4) is 0 Å². The predicted molar refractivity (Wildman–Crippen MR) is 149 cm³/mol. The minimum absolute atomic E-state index is 0.122. The molecular formula is C29H32F4N6O2. The number of likely N-dealkylation sites (N-methyl/N-ethyl adjacent to an activating group) is 1. The lowest BCUT2D eigenvalue weighted by molar-refractivity contribution is -0.137. The smallest absolute Gasteiger partial charge is 0.378 e. The second-order valence-electron chi connectivity index (χ2n) is 10.5. The first-order chi connectivity index (χ1) is 19.5. The molecule has 1 aromatic heterocycles. The Labute approximate surface area is 235 Å². The zero-order valence-electron chi connectivity index (χ0n) is 23.1. The van der Waals surface area contributed by atoms with Gasteiger partial charge in [0.15, 0.2) is 0 Å². The van der Waals surface area contributed by atoms with E-state index in [2.05, 4.69) is 20.2 Å². The molecule has 2 atom stereocenters. The maximum absolute atomic E-state index is 15.7. The summed E-state index contributed by atoms with van der Waals surface area (Å²) in [7, 11) is 2.01. The standard InChI is InChI=1S/C29H32F4N6O2/c1-18-16-39(17-19(2)37(18)3)26-13-24(30)22(20-14-34-28(35-15-20)38-8-10-41-11-9-38)12-25(26)36-27(40)21-6-4-5-7-23(21)29(31,32)33/h4-7,12-15,18-19H,8-11,16-17H2,1-3H3,(H,36,40). The normalized spacial score (nSPS) is 20.3. The fourth-order valence-electron chi connectivity index (χ4n) is 5.25. The molecule has 2 saturated heterocycles. The molecule has 0 aliphatic carbocycles. The van der Waals surface area contributed by atoms with Gasteiger partial charge in [-0.3, -0.25) is 9.69 Å². The van der Waals surface area contributed by atoms with E-state index in [9.17, 15) is 18.0 Å². The van der Waals surface area contributed by atoms with E-state index in [1.54, 1.807) is 0 Å². The third kappa shape index (κ3) is 6.13. The van der Waals surface area contributed by atoms with Gasteiger partial charge in [-0.2, -0.15) is 13.2 Å². The Kier molecular flexibility index (Phi) is 8.14. The first-order valence-electron chi connectivity index (χ1n) is 13.5. The molecule has 0 spiro atoms.